The van der Waals surface area contributed by atoms with Gasteiger partial charge in [-0.05, 0) is 50.4 Å². The van der Waals surface area contributed by atoms with E-state index >= 15 is 0 Å². The van der Waals surface area contributed by atoms with Crippen LogP contribution in [-0.4, -0.2) is 30.4 Å². The van der Waals surface area contributed by atoms with Crippen LogP contribution in [0, 0.1) is 11.7 Å². The fraction of sp³-hybridized carbons (Fsp3) is 0.533. The number of halogens is 1. The van der Waals surface area contributed by atoms with Gasteiger partial charge in [0.1, 0.15) is 5.82 Å². The minimum atomic E-state index is -0.519. The van der Waals surface area contributed by atoms with Crippen LogP contribution < -0.4 is 5.73 Å². The number of benzene rings is 1. The Labute approximate surface area is 113 Å². The van der Waals surface area contributed by atoms with Crippen molar-refractivity contribution in [2.45, 2.75) is 25.7 Å². The zero-order valence-electron chi connectivity index (χ0n) is 11.5. The van der Waals surface area contributed by atoms with Crippen molar-refractivity contribution in [1.29, 1.82) is 0 Å². The molecule has 0 saturated heterocycles. The second-order valence-electron chi connectivity index (χ2n) is 5.09. The summed E-state index contributed by atoms with van der Waals surface area (Å²) in [6.07, 6.45) is 0.768. The van der Waals surface area contributed by atoms with E-state index in [1.807, 2.05) is 18.7 Å². The number of likely N-dealkylation sites (N-methyl/N-ethyl adjacent to an activating group) is 1. The molecule has 0 aliphatic heterocycles. The lowest BCUT2D eigenvalue weighted by atomic mass is 9.91. The van der Waals surface area contributed by atoms with Gasteiger partial charge in [-0.3, -0.25) is 4.79 Å². The van der Waals surface area contributed by atoms with Crippen molar-refractivity contribution >= 4 is 5.91 Å². The fourth-order valence-electron chi connectivity index (χ4n) is 2.89. The highest BCUT2D eigenvalue weighted by molar-refractivity contribution is 5.92. The number of amides is 1. The third-order valence-corrected chi connectivity index (χ3v) is 4.18. The smallest absolute Gasteiger partial charge is 0.233 e. The Morgan fingerprint density at radius 3 is 2.37 bits per heavy atom. The lowest BCUT2D eigenvalue weighted by molar-refractivity contribution is -0.134. The summed E-state index contributed by atoms with van der Waals surface area (Å²) in [7, 11) is 0. The summed E-state index contributed by atoms with van der Waals surface area (Å²) >= 11 is 0. The minimum absolute atomic E-state index is 0.125. The van der Waals surface area contributed by atoms with E-state index in [4.69, 9.17) is 5.73 Å². The van der Waals surface area contributed by atoms with Crippen LogP contribution in [0.5, 0.6) is 0 Å². The molecule has 3 nitrogen and oxygen atoms in total. The highest BCUT2D eigenvalue weighted by Gasteiger charge is 2.61. The van der Waals surface area contributed by atoms with Crippen molar-refractivity contribution in [3.63, 3.8) is 0 Å². The molecule has 1 aliphatic rings. The highest BCUT2D eigenvalue weighted by atomic mass is 19.1. The van der Waals surface area contributed by atoms with E-state index in [0.29, 0.717) is 19.6 Å². The maximum Gasteiger partial charge on any atom is 0.233 e. The lowest BCUT2D eigenvalue weighted by Crippen LogP contribution is -2.40. The quantitative estimate of drug-likeness (QED) is 0.883. The lowest BCUT2D eigenvalue weighted by Gasteiger charge is -2.26. The van der Waals surface area contributed by atoms with Crippen molar-refractivity contribution < 1.29 is 9.18 Å². The van der Waals surface area contributed by atoms with Crippen LogP contribution in [0.2, 0.25) is 0 Å². The Balaban J connectivity index is 2.34. The first-order valence-corrected chi connectivity index (χ1v) is 6.85. The molecule has 0 spiro atoms. The molecule has 2 N–H and O–H groups in total. The summed E-state index contributed by atoms with van der Waals surface area (Å²) in [6.45, 7) is 5.81. The molecule has 0 bridgehead atoms. The second-order valence-corrected chi connectivity index (χ2v) is 5.09. The van der Waals surface area contributed by atoms with Gasteiger partial charge in [0.05, 0.1) is 5.41 Å². The Kier molecular flexibility index (Phi) is 3.90. The van der Waals surface area contributed by atoms with Crippen LogP contribution >= 0.6 is 0 Å². The van der Waals surface area contributed by atoms with E-state index in [9.17, 15) is 9.18 Å². The number of hydrogen-bond acceptors (Lipinski definition) is 2. The van der Waals surface area contributed by atoms with Gasteiger partial charge in [-0.1, -0.05) is 12.1 Å². The number of hydrogen-bond donors (Lipinski definition) is 1. The van der Waals surface area contributed by atoms with Gasteiger partial charge in [0.25, 0.3) is 0 Å². The molecular weight excluding hydrogens is 243 g/mol. The molecule has 2 rings (SSSR count). The third-order valence-electron chi connectivity index (χ3n) is 4.18. The first-order chi connectivity index (χ1) is 9.09. The minimum Gasteiger partial charge on any atom is -0.342 e. The summed E-state index contributed by atoms with van der Waals surface area (Å²) in [4.78, 5) is 14.6. The molecular formula is C15H21FN2O. The number of nitrogens with two attached hydrogens (primary N) is 1. The van der Waals surface area contributed by atoms with Crippen LogP contribution in [0.1, 0.15) is 25.8 Å². The van der Waals surface area contributed by atoms with Gasteiger partial charge in [0.2, 0.25) is 5.91 Å². The molecule has 4 heteroatoms. The fourth-order valence-corrected chi connectivity index (χ4v) is 2.89. The van der Waals surface area contributed by atoms with Gasteiger partial charge < -0.3 is 10.6 Å². The average molecular weight is 264 g/mol. The predicted octanol–water partition coefficient (Wildman–Crippen LogP) is 1.91. The molecule has 0 aromatic heterocycles. The molecule has 2 atom stereocenters. The molecule has 19 heavy (non-hydrogen) atoms. The zero-order valence-corrected chi connectivity index (χ0v) is 11.5. The summed E-state index contributed by atoms with van der Waals surface area (Å²) < 4.78 is 13.0. The van der Waals surface area contributed by atoms with Crippen molar-refractivity contribution in [1.82, 2.24) is 4.90 Å². The van der Waals surface area contributed by atoms with Crippen molar-refractivity contribution in [3.8, 4) is 0 Å². The van der Waals surface area contributed by atoms with Gasteiger partial charge in [0.15, 0.2) is 0 Å². The molecule has 1 aromatic rings. The Morgan fingerprint density at radius 2 is 1.95 bits per heavy atom. The maximum atomic E-state index is 13.0. The predicted molar refractivity (Wildman–Crippen MR) is 73.2 cm³/mol. The summed E-state index contributed by atoms with van der Waals surface area (Å²) in [6, 6.07) is 6.26. The van der Waals surface area contributed by atoms with Crippen molar-refractivity contribution in [2.75, 3.05) is 19.6 Å². The van der Waals surface area contributed by atoms with E-state index in [2.05, 4.69) is 0 Å². The van der Waals surface area contributed by atoms with Crippen LogP contribution in [0.3, 0.4) is 0 Å². The monoisotopic (exact) mass is 264 g/mol. The van der Waals surface area contributed by atoms with Gasteiger partial charge in [-0.25, -0.2) is 4.39 Å². The summed E-state index contributed by atoms with van der Waals surface area (Å²) in [5.41, 5.74) is 6.12. The standard InChI is InChI=1S/C15H21FN2O/c1-3-18(4-2)14(19)15(9-12(15)10-17)11-5-7-13(16)8-6-11/h5-8,12H,3-4,9-10,17H2,1-2H3/t12-,15+/m1/s1. The molecule has 1 amide bonds. The topological polar surface area (TPSA) is 46.3 Å². The van der Waals surface area contributed by atoms with Crippen LogP contribution in [0.25, 0.3) is 0 Å². The van der Waals surface area contributed by atoms with E-state index < -0.39 is 5.41 Å². The maximum absolute atomic E-state index is 13.0. The number of carbonyl (C=O) groups is 1. The largest absolute Gasteiger partial charge is 0.342 e. The summed E-state index contributed by atoms with van der Waals surface area (Å²) in [5.74, 6) is 0.0183. The molecule has 1 saturated carbocycles. The molecule has 1 aromatic carbocycles. The molecule has 0 heterocycles. The molecule has 0 radical (unpaired) electrons. The first-order valence-electron chi connectivity index (χ1n) is 6.85. The Bertz CT molecular complexity index is 456. The van der Waals surface area contributed by atoms with E-state index in [1.54, 1.807) is 12.1 Å². The first kappa shape index (κ1) is 14.0. The number of nitrogens with zero attached hydrogens (tertiary/aromatic N) is 1. The summed E-state index contributed by atoms with van der Waals surface area (Å²) in [5, 5.41) is 0. The molecule has 1 aliphatic carbocycles. The van der Waals surface area contributed by atoms with Crippen molar-refractivity contribution in [3.05, 3.63) is 35.6 Å². The highest BCUT2D eigenvalue weighted by Crippen LogP contribution is 2.54. The van der Waals surface area contributed by atoms with E-state index in [-0.39, 0.29) is 17.6 Å². The van der Waals surface area contributed by atoms with Gasteiger partial charge in [-0.2, -0.15) is 0 Å². The van der Waals surface area contributed by atoms with E-state index in [1.165, 1.54) is 12.1 Å². The van der Waals surface area contributed by atoms with Crippen LogP contribution in [-0.2, 0) is 10.2 Å². The van der Waals surface area contributed by atoms with Crippen LogP contribution in [0.4, 0.5) is 4.39 Å². The molecule has 104 valence electrons. The van der Waals surface area contributed by atoms with Crippen molar-refractivity contribution in [2.24, 2.45) is 11.7 Å². The Morgan fingerprint density at radius 1 is 1.37 bits per heavy atom. The second kappa shape index (κ2) is 5.29. The third kappa shape index (κ3) is 2.25. The number of carbonyl (C=O) groups excluding carboxylic acids is 1. The molecule has 1 fully saturated rings. The number of rotatable bonds is 5. The SMILES string of the molecule is CCN(CC)C(=O)[C@]1(c2ccc(F)cc2)C[C@@H]1CN. The van der Waals surface area contributed by atoms with Crippen LogP contribution in [0.15, 0.2) is 24.3 Å². The zero-order chi connectivity index (χ0) is 14.0. The average Bonchev–Trinajstić information content (AvgIpc) is 3.16. The van der Waals surface area contributed by atoms with Gasteiger partial charge in [-0.15, -0.1) is 0 Å². The Hall–Kier alpha value is -1.42. The normalized spacial score (nSPS) is 25.2. The van der Waals surface area contributed by atoms with Gasteiger partial charge >= 0.3 is 0 Å². The van der Waals surface area contributed by atoms with E-state index in [0.717, 1.165) is 12.0 Å². The molecule has 0 unspecified atom stereocenters. The van der Waals surface area contributed by atoms with Gasteiger partial charge in [0, 0.05) is 13.1 Å².